The number of amides is 7. The molecule has 1 heterocycles. The molecule has 27 heteroatoms. The van der Waals surface area contributed by atoms with Gasteiger partial charge in [-0.2, -0.15) is 0 Å². The predicted octanol–water partition coefficient (Wildman–Crippen LogP) is 4.06. The molecular weight excluding hydrogens is 1130 g/mol. The molecule has 27 nitrogen and oxygen atoms in total. The fourth-order valence-corrected chi connectivity index (χ4v) is 10.3. The standard InChI is InChI=1S/C61H113N17O10/c62-32-16-2-9-23-39-72(45-53(68)79)55(81)47-74(41-25-11-4-18-34-64)57(83)49-76(43-27-13-6-20-36-66)59(85)50-77(44-28-14-7-21-37-67)58(84)48-75(42-26-12-5-19-35-65)56(82)46-73(40-24-10-3-17-33-63)54(80)29-15-1-8-22-38-69-51-30-31-52(78(86)87)61-60(51)70-88-71-61/h30-31,69H,1-29,32-50,62-67H2,(H2,68,79). The van der Waals surface area contributed by atoms with Crippen molar-refractivity contribution in [3.63, 3.8) is 0 Å². The van der Waals surface area contributed by atoms with E-state index in [1.54, 1.807) is 11.0 Å². The third-order valence-electron chi connectivity index (χ3n) is 15.6. The first-order valence-electron chi connectivity index (χ1n) is 32.9. The van der Waals surface area contributed by atoms with E-state index < -0.39 is 34.5 Å². The van der Waals surface area contributed by atoms with Crippen LogP contribution in [0.1, 0.15) is 186 Å². The Bertz CT molecular complexity index is 2280. The van der Waals surface area contributed by atoms with E-state index >= 15 is 0 Å². The third-order valence-corrected chi connectivity index (χ3v) is 15.6. The lowest BCUT2D eigenvalue weighted by molar-refractivity contribution is -0.383. The van der Waals surface area contributed by atoms with E-state index in [0.717, 1.165) is 135 Å². The molecule has 2 aromatic rings. The van der Waals surface area contributed by atoms with Gasteiger partial charge >= 0.3 is 5.69 Å². The number of unbranched alkanes of at least 4 members (excludes halogenated alkanes) is 21. The highest BCUT2D eigenvalue weighted by Crippen LogP contribution is 2.29. The molecular formula is C61H113N17O10. The summed E-state index contributed by atoms with van der Waals surface area (Å²) in [6.45, 7) is 3.37. The number of non-ortho nitro benzene ring substituents is 1. The van der Waals surface area contributed by atoms with Gasteiger partial charge in [0.25, 0.3) is 0 Å². The van der Waals surface area contributed by atoms with Gasteiger partial charge in [0.2, 0.25) is 46.9 Å². The van der Waals surface area contributed by atoms with E-state index in [1.165, 1.54) is 30.6 Å². The van der Waals surface area contributed by atoms with Crippen molar-refractivity contribution in [1.82, 2.24) is 39.7 Å². The van der Waals surface area contributed by atoms with Gasteiger partial charge in [-0.15, -0.1) is 0 Å². The summed E-state index contributed by atoms with van der Waals surface area (Å²) < 4.78 is 4.77. The molecule has 0 unspecified atom stereocenters. The Labute approximate surface area is 523 Å². The maximum absolute atomic E-state index is 14.8. The number of nitro groups is 1. The van der Waals surface area contributed by atoms with Gasteiger partial charge in [0, 0.05) is 58.3 Å². The van der Waals surface area contributed by atoms with Crippen LogP contribution in [0.15, 0.2) is 16.8 Å². The molecule has 502 valence electrons. The number of primary amides is 1. The van der Waals surface area contributed by atoms with Crippen LogP contribution < -0.4 is 45.5 Å². The zero-order valence-electron chi connectivity index (χ0n) is 53.2. The van der Waals surface area contributed by atoms with Crippen LogP contribution in [0, 0.1) is 10.1 Å². The van der Waals surface area contributed by atoms with Gasteiger partial charge in [-0.1, -0.05) is 89.9 Å². The average molecular weight is 1240 g/mol. The van der Waals surface area contributed by atoms with Gasteiger partial charge in [0.15, 0.2) is 5.52 Å². The lowest BCUT2D eigenvalue weighted by atomic mass is 10.1. The smallest absolute Gasteiger partial charge is 0.300 e. The largest absolute Gasteiger partial charge is 0.383 e. The quantitative estimate of drug-likeness (QED) is 0.0263. The van der Waals surface area contributed by atoms with Crippen molar-refractivity contribution in [3.8, 4) is 0 Å². The fourth-order valence-electron chi connectivity index (χ4n) is 10.3. The summed E-state index contributed by atoms with van der Waals surface area (Å²) in [5, 5.41) is 22.2. The molecule has 88 heavy (non-hydrogen) atoms. The number of carbonyl (C=O) groups is 7. The molecule has 0 fully saturated rings. The lowest BCUT2D eigenvalue weighted by Crippen LogP contribution is -2.52. The second kappa shape index (κ2) is 49.7. The summed E-state index contributed by atoms with van der Waals surface area (Å²) in [6.07, 6.45) is 21.2. The Morgan fingerprint density at radius 3 is 0.989 bits per heavy atom. The zero-order valence-corrected chi connectivity index (χ0v) is 53.2. The summed E-state index contributed by atoms with van der Waals surface area (Å²) in [6, 6.07) is 2.93. The first-order chi connectivity index (χ1) is 42.6. The first-order valence-corrected chi connectivity index (χ1v) is 32.9. The molecule has 2 rings (SSSR count). The van der Waals surface area contributed by atoms with E-state index in [4.69, 9.17) is 44.8 Å². The van der Waals surface area contributed by atoms with Crippen LogP contribution >= 0.6 is 0 Å². The molecule has 0 saturated heterocycles. The number of nitrogens with one attached hydrogen (secondary N) is 1. The number of hydrogen-bond acceptors (Lipinski definition) is 19. The van der Waals surface area contributed by atoms with Gasteiger partial charge in [-0.05, 0) is 146 Å². The van der Waals surface area contributed by atoms with E-state index in [-0.39, 0.29) is 107 Å². The molecule has 7 amide bonds. The highest BCUT2D eigenvalue weighted by Gasteiger charge is 2.30. The summed E-state index contributed by atoms with van der Waals surface area (Å²) >= 11 is 0. The minimum absolute atomic E-state index is 0.0620. The number of nitro benzene ring substituents is 1. The molecule has 0 aliphatic rings. The summed E-state index contributed by atoms with van der Waals surface area (Å²) in [5.74, 6) is -2.99. The lowest BCUT2D eigenvalue weighted by Gasteiger charge is -2.32. The molecule has 0 bridgehead atoms. The molecule has 0 aliphatic carbocycles. The maximum atomic E-state index is 14.8. The highest BCUT2D eigenvalue weighted by molar-refractivity contribution is 5.94. The van der Waals surface area contributed by atoms with E-state index in [0.29, 0.717) is 103 Å². The first kappa shape index (κ1) is 78.0. The van der Waals surface area contributed by atoms with Gasteiger partial charge < -0.3 is 74.9 Å². The zero-order chi connectivity index (χ0) is 64.6. The molecule has 0 atom stereocenters. The van der Waals surface area contributed by atoms with E-state index in [1.807, 2.05) is 0 Å². The number of nitrogens with zero attached hydrogens (tertiary/aromatic N) is 9. The Morgan fingerprint density at radius 2 is 0.670 bits per heavy atom. The molecule has 0 radical (unpaired) electrons. The van der Waals surface area contributed by atoms with Crippen molar-refractivity contribution < 1.29 is 43.1 Å². The van der Waals surface area contributed by atoms with Crippen LogP contribution in [0.2, 0.25) is 0 Å². The van der Waals surface area contributed by atoms with Crippen LogP contribution in [0.25, 0.3) is 11.0 Å². The Kier molecular flexibility index (Phi) is 44.0. The van der Waals surface area contributed by atoms with Crippen molar-refractivity contribution in [2.24, 2.45) is 40.1 Å². The van der Waals surface area contributed by atoms with Crippen LogP contribution in [0.4, 0.5) is 11.4 Å². The normalized spacial score (nSPS) is 11.2. The average Bonchev–Trinajstić information content (AvgIpc) is 4.25. The van der Waals surface area contributed by atoms with E-state index in [9.17, 15) is 43.7 Å². The number of aromatic nitrogens is 2. The number of nitrogens with two attached hydrogens (primary N) is 7. The molecule has 15 N–H and O–H groups in total. The van der Waals surface area contributed by atoms with Crippen LogP contribution in [0.3, 0.4) is 0 Å². The number of carbonyl (C=O) groups excluding carboxylic acids is 7. The SMILES string of the molecule is NCCCCCCN(CC(N)=O)C(=O)CN(CCCCCCN)C(=O)CN(CCCCCCN)C(=O)CN(CCCCCCN)C(=O)CN(CCCCCCN)C(=O)CN(CCCCCCN)C(=O)CCCCCCNc1ccc([N+](=O)[O-])c2nonc12. The minimum Gasteiger partial charge on any atom is -0.383 e. The van der Waals surface area contributed by atoms with Gasteiger partial charge in [-0.25, -0.2) is 4.63 Å². The minimum atomic E-state index is -0.670. The van der Waals surface area contributed by atoms with Gasteiger partial charge in [0.05, 0.1) is 49.9 Å². The Hall–Kier alpha value is -6.13. The summed E-state index contributed by atoms with van der Waals surface area (Å²) in [4.78, 5) is 119. The number of rotatable bonds is 57. The van der Waals surface area contributed by atoms with Crippen molar-refractivity contribution in [3.05, 3.63) is 22.2 Å². The molecule has 0 spiro atoms. The van der Waals surface area contributed by atoms with Crippen molar-refractivity contribution in [2.45, 2.75) is 186 Å². The van der Waals surface area contributed by atoms with Crippen molar-refractivity contribution in [2.75, 3.05) is 130 Å². The second-order valence-electron chi connectivity index (χ2n) is 23.0. The maximum Gasteiger partial charge on any atom is 0.300 e. The van der Waals surface area contributed by atoms with Crippen LogP contribution in [-0.4, -0.2) is 210 Å². The van der Waals surface area contributed by atoms with Gasteiger partial charge in [-0.3, -0.25) is 43.7 Å². The number of anilines is 1. The van der Waals surface area contributed by atoms with Crippen molar-refractivity contribution in [1.29, 1.82) is 0 Å². The Balaban J connectivity index is 2.41. The number of fused-ring (bicyclic) bond motifs is 1. The monoisotopic (exact) mass is 1240 g/mol. The third kappa shape index (κ3) is 34.0. The molecule has 0 saturated carbocycles. The Morgan fingerprint density at radius 1 is 0.386 bits per heavy atom. The highest BCUT2D eigenvalue weighted by atomic mass is 16.6. The topological polar surface area (TPSA) is 415 Å². The van der Waals surface area contributed by atoms with Crippen LogP contribution in [-0.2, 0) is 33.6 Å². The molecule has 0 aliphatic heterocycles. The van der Waals surface area contributed by atoms with Gasteiger partial charge in [0.1, 0.15) is 0 Å². The van der Waals surface area contributed by atoms with E-state index in [2.05, 4.69) is 15.6 Å². The van der Waals surface area contributed by atoms with Crippen molar-refractivity contribution >= 4 is 63.8 Å². The van der Waals surface area contributed by atoms with Crippen LogP contribution in [0.5, 0.6) is 0 Å². The molecule has 1 aromatic heterocycles. The second-order valence-corrected chi connectivity index (χ2v) is 23.0. The number of hydrogen-bond donors (Lipinski definition) is 8. The summed E-state index contributed by atoms with van der Waals surface area (Å²) in [5.41, 5.74) is 41.0. The molecule has 1 aromatic carbocycles. The summed E-state index contributed by atoms with van der Waals surface area (Å²) in [7, 11) is 0. The fraction of sp³-hybridized carbons (Fsp3) is 0.787. The predicted molar refractivity (Wildman–Crippen MR) is 344 cm³/mol. The number of benzene rings is 1.